The Kier molecular flexibility index (Phi) is 4.35. The van der Waals surface area contributed by atoms with Crippen molar-refractivity contribution in [2.75, 3.05) is 11.9 Å². The van der Waals surface area contributed by atoms with Gasteiger partial charge in [0.1, 0.15) is 29.6 Å². The molecule has 1 amide bonds. The van der Waals surface area contributed by atoms with Gasteiger partial charge in [-0.3, -0.25) is 9.69 Å². The van der Waals surface area contributed by atoms with E-state index in [9.17, 15) is 4.79 Å². The van der Waals surface area contributed by atoms with Crippen molar-refractivity contribution >= 4 is 17.3 Å². The first-order chi connectivity index (χ1) is 13.4. The van der Waals surface area contributed by atoms with Crippen LogP contribution in [0.1, 0.15) is 22.6 Å². The first kappa shape index (κ1) is 17.8. The Morgan fingerprint density at radius 3 is 2.54 bits per heavy atom. The zero-order chi connectivity index (χ0) is 19.8. The van der Waals surface area contributed by atoms with E-state index in [-0.39, 0.29) is 6.54 Å². The molecule has 0 aliphatic carbocycles. The first-order valence-electron chi connectivity index (χ1n) is 9.07. The summed E-state index contributed by atoms with van der Waals surface area (Å²) in [6.45, 7) is 6.18. The Hall–Kier alpha value is -3.61. The van der Waals surface area contributed by atoms with E-state index in [4.69, 9.17) is 10.2 Å². The Balaban J connectivity index is 1.75. The lowest BCUT2D eigenvalue weighted by Gasteiger charge is -2.27. The van der Waals surface area contributed by atoms with Crippen LogP contribution in [-0.4, -0.2) is 22.3 Å². The molecule has 0 unspecified atom stereocenters. The Morgan fingerprint density at radius 2 is 1.89 bits per heavy atom. The van der Waals surface area contributed by atoms with Crippen LogP contribution in [0.3, 0.4) is 0 Å². The summed E-state index contributed by atoms with van der Waals surface area (Å²) >= 11 is 0. The minimum Gasteiger partial charge on any atom is -0.460 e. The van der Waals surface area contributed by atoms with E-state index < -0.39 is 5.91 Å². The number of benzene rings is 1. The van der Waals surface area contributed by atoms with Gasteiger partial charge in [0.2, 0.25) is 5.91 Å². The monoisotopic (exact) mass is 377 g/mol. The highest BCUT2D eigenvalue weighted by atomic mass is 16.3. The molecule has 144 valence electrons. The number of carbonyl (C=O) groups is 1. The minimum atomic E-state index is -0.392. The number of fused-ring (bicyclic) bond motifs is 1. The van der Waals surface area contributed by atoms with Gasteiger partial charge in [0, 0.05) is 24.3 Å². The summed E-state index contributed by atoms with van der Waals surface area (Å²) in [5.41, 5.74) is 9.50. The van der Waals surface area contributed by atoms with Crippen LogP contribution in [-0.2, 0) is 4.79 Å². The fraction of sp³-hybridized carbons (Fsp3) is 0.190. The number of furan rings is 1. The number of primary amides is 1. The predicted octanol–water partition coefficient (Wildman–Crippen LogP) is 2.92. The molecular formula is C21H23N5O2. The van der Waals surface area contributed by atoms with Crippen molar-refractivity contribution in [3.63, 3.8) is 0 Å². The molecule has 0 spiro atoms. The number of carbonyl (C=O) groups excluding carboxylic acids is 1. The third-order valence-corrected chi connectivity index (χ3v) is 4.74. The van der Waals surface area contributed by atoms with E-state index in [1.54, 1.807) is 4.90 Å². The van der Waals surface area contributed by atoms with Gasteiger partial charge in [0.15, 0.2) is 5.76 Å². The zero-order valence-electron chi connectivity index (χ0n) is 16.1. The number of rotatable bonds is 5. The third-order valence-electron chi connectivity index (χ3n) is 4.74. The third kappa shape index (κ3) is 3.22. The number of anilines is 1. The smallest absolute Gasteiger partial charge is 0.237 e. The molecule has 2 aliphatic rings. The van der Waals surface area contributed by atoms with E-state index in [0.717, 1.165) is 45.7 Å². The normalized spacial score (nSPS) is 15.5. The van der Waals surface area contributed by atoms with Crippen molar-refractivity contribution in [1.82, 2.24) is 15.1 Å². The van der Waals surface area contributed by atoms with Crippen LogP contribution in [0.25, 0.3) is 5.70 Å². The average molecular weight is 377 g/mol. The zero-order valence-corrected chi connectivity index (χ0v) is 16.1. The number of para-hydroxylation sites is 1. The van der Waals surface area contributed by atoms with Gasteiger partial charge in [-0.2, -0.15) is 0 Å². The number of aryl methyl sites for hydroxylation is 3. The van der Waals surface area contributed by atoms with Gasteiger partial charge in [-0.25, -0.2) is 0 Å². The van der Waals surface area contributed by atoms with Gasteiger partial charge in [0.25, 0.3) is 0 Å². The molecule has 2 aliphatic heterocycles. The molecule has 3 heterocycles. The van der Waals surface area contributed by atoms with Crippen LogP contribution in [0.4, 0.5) is 5.69 Å². The van der Waals surface area contributed by atoms with Crippen LogP contribution in [0.15, 0.2) is 65.0 Å². The molecule has 28 heavy (non-hydrogen) atoms. The predicted molar refractivity (Wildman–Crippen MR) is 108 cm³/mol. The molecule has 1 aromatic carbocycles. The number of nitrogens with two attached hydrogens (primary N) is 1. The first-order valence-corrected chi connectivity index (χ1v) is 9.07. The molecule has 7 heteroatoms. The molecule has 0 atom stereocenters. The summed E-state index contributed by atoms with van der Waals surface area (Å²) in [7, 11) is 0. The molecule has 0 bridgehead atoms. The topological polar surface area (TPSA) is 86.8 Å². The lowest BCUT2D eigenvalue weighted by atomic mass is 10.1. The lowest BCUT2D eigenvalue weighted by Crippen LogP contribution is -2.32. The largest absolute Gasteiger partial charge is 0.460 e. The van der Waals surface area contributed by atoms with Crippen LogP contribution in [0.5, 0.6) is 0 Å². The van der Waals surface area contributed by atoms with Crippen molar-refractivity contribution in [2.45, 2.75) is 20.8 Å². The van der Waals surface area contributed by atoms with Gasteiger partial charge in [-0.1, -0.05) is 18.2 Å². The fourth-order valence-electron chi connectivity index (χ4n) is 3.37. The van der Waals surface area contributed by atoms with Crippen LogP contribution < -0.4 is 16.4 Å². The molecule has 4 rings (SSSR count). The van der Waals surface area contributed by atoms with Crippen LogP contribution in [0, 0.1) is 20.8 Å². The van der Waals surface area contributed by atoms with E-state index >= 15 is 0 Å². The second kappa shape index (κ2) is 6.84. The second-order valence-corrected chi connectivity index (χ2v) is 6.97. The average Bonchev–Trinajstić information content (AvgIpc) is 3.21. The maximum Gasteiger partial charge on any atom is 0.237 e. The maximum atomic E-state index is 11.3. The van der Waals surface area contributed by atoms with Gasteiger partial charge in [-0.05, 0) is 44.0 Å². The summed E-state index contributed by atoms with van der Waals surface area (Å²) in [4.78, 5) is 15.0. The van der Waals surface area contributed by atoms with Crippen molar-refractivity contribution in [3.05, 3.63) is 83.2 Å². The minimum absolute atomic E-state index is 0.115. The molecular weight excluding hydrogens is 354 g/mol. The summed E-state index contributed by atoms with van der Waals surface area (Å²) in [6.07, 6.45) is 5.56. The molecule has 4 N–H and O–H groups in total. The number of hydrogen-bond acceptors (Lipinski definition) is 6. The number of amides is 1. The molecule has 0 saturated heterocycles. The van der Waals surface area contributed by atoms with Gasteiger partial charge >= 0.3 is 0 Å². The molecule has 0 radical (unpaired) electrons. The highest BCUT2D eigenvalue weighted by molar-refractivity contribution is 5.77. The molecule has 7 nitrogen and oxygen atoms in total. The van der Waals surface area contributed by atoms with Gasteiger partial charge in [0.05, 0.1) is 0 Å². The van der Waals surface area contributed by atoms with Crippen molar-refractivity contribution in [2.24, 2.45) is 5.73 Å². The SMILES string of the molecule is Cc1ccc(C2=C(Nc3c(C)cccc3C)N3C=CN(CC(N)=O)C=C3N2)o1. The maximum absolute atomic E-state index is 11.3. The summed E-state index contributed by atoms with van der Waals surface area (Å²) in [5, 5.41) is 6.97. The quantitative estimate of drug-likeness (QED) is 0.743. The van der Waals surface area contributed by atoms with E-state index in [2.05, 4.69) is 36.6 Å². The van der Waals surface area contributed by atoms with Crippen LogP contribution in [0.2, 0.25) is 0 Å². The highest BCUT2D eigenvalue weighted by Gasteiger charge is 2.31. The van der Waals surface area contributed by atoms with E-state index in [1.807, 2.05) is 48.6 Å². The fourth-order valence-corrected chi connectivity index (χ4v) is 3.37. The summed E-state index contributed by atoms with van der Waals surface area (Å²) < 4.78 is 5.87. The highest BCUT2D eigenvalue weighted by Crippen LogP contribution is 2.34. The second-order valence-electron chi connectivity index (χ2n) is 6.97. The molecule has 0 fully saturated rings. The van der Waals surface area contributed by atoms with E-state index in [0.29, 0.717) is 0 Å². The van der Waals surface area contributed by atoms with Gasteiger partial charge in [-0.15, -0.1) is 0 Å². The Labute approximate surface area is 163 Å². The van der Waals surface area contributed by atoms with Crippen LogP contribution >= 0.6 is 0 Å². The lowest BCUT2D eigenvalue weighted by molar-refractivity contribution is -0.118. The number of nitrogens with one attached hydrogen (secondary N) is 2. The molecule has 2 aromatic rings. The number of hydrogen-bond donors (Lipinski definition) is 3. The van der Waals surface area contributed by atoms with E-state index in [1.165, 1.54) is 0 Å². The summed E-state index contributed by atoms with van der Waals surface area (Å²) in [6, 6.07) is 10.1. The molecule has 1 aromatic heterocycles. The van der Waals surface area contributed by atoms with Crippen molar-refractivity contribution in [1.29, 1.82) is 0 Å². The van der Waals surface area contributed by atoms with Gasteiger partial charge < -0.3 is 25.7 Å². The van der Waals surface area contributed by atoms with Crippen molar-refractivity contribution < 1.29 is 9.21 Å². The summed E-state index contributed by atoms with van der Waals surface area (Å²) in [5.74, 6) is 2.84. The van der Waals surface area contributed by atoms with Crippen molar-refractivity contribution in [3.8, 4) is 0 Å². The Bertz CT molecular complexity index is 1010. The Morgan fingerprint density at radius 1 is 1.14 bits per heavy atom. The number of nitrogens with zero attached hydrogens (tertiary/aromatic N) is 2. The molecule has 0 saturated carbocycles. The standard InChI is InChI=1S/C21H23N5O2/c1-13-5-4-6-14(2)19(13)24-21-20(16-8-7-15(3)28-16)23-18-12-25(11-17(22)27)9-10-26(18)21/h4-10,12,23-24H,11H2,1-3H3,(H2,22,27).